The minimum atomic E-state index is 0.0806. The third-order valence-corrected chi connectivity index (χ3v) is 4.04. The molecule has 0 fully saturated rings. The average molecular weight is 264 g/mol. The number of H-pyrrole nitrogens is 1. The van der Waals surface area contributed by atoms with Crippen LogP contribution in [0.25, 0.3) is 10.8 Å². The van der Waals surface area contributed by atoms with Gasteiger partial charge in [0.25, 0.3) is 0 Å². The number of hydrogen-bond donors (Lipinski definition) is 2. The van der Waals surface area contributed by atoms with Gasteiger partial charge in [0.1, 0.15) is 0 Å². The molecule has 3 aromatic rings. The fourth-order valence-electron chi connectivity index (χ4n) is 2.94. The first kappa shape index (κ1) is 11.6. The number of pyridine rings is 1. The van der Waals surface area contributed by atoms with Crippen LogP contribution in [-0.2, 0) is 0 Å². The van der Waals surface area contributed by atoms with E-state index >= 15 is 0 Å². The van der Waals surface area contributed by atoms with E-state index in [9.17, 15) is 0 Å². The first-order chi connectivity index (χ1) is 9.83. The van der Waals surface area contributed by atoms with Crippen LogP contribution in [0.15, 0.2) is 42.9 Å². The Morgan fingerprint density at radius 2 is 2.00 bits per heavy atom. The number of hydrogen-bond acceptors (Lipinski definition) is 3. The van der Waals surface area contributed by atoms with Gasteiger partial charge in [-0.1, -0.05) is 31.2 Å². The quantitative estimate of drug-likeness (QED) is 0.710. The maximum atomic E-state index is 4.62. The number of nitrogens with one attached hydrogen (secondary N) is 2. The third kappa shape index (κ3) is 1.72. The summed E-state index contributed by atoms with van der Waals surface area (Å²) in [5, 5.41) is 5.93. The predicted octanol–water partition coefficient (Wildman–Crippen LogP) is 2.75. The molecule has 2 aromatic heterocycles. The molecule has 0 saturated carbocycles. The van der Waals surface area contributed by atoms with Crippen LogP contribution >= 0.6 is 0 Å². The number of fused-ring (bicyclic) bond motifs is 2. The smallest absolute Gasteiger partial charge is 0.0944 e. The highest BCUT2D eigenvalue weighted by molar-refractivity contribution is 5.81. The van der Waals surface area contributed by atoms with Gasteiger partial charge < -0.3 is 10.3 Å². The van der Waals surface area contributed by atoms with E-state index in [4.69, 9.17) is 0 Å². The number of aromatic nitrogens is 3. The molecule has 4 heteroatoms. The predicted molar refractivity (Wildman–Crippen MR) is 78.6 cm³/mol. The highest BCUT2D eigenvalue weighted by Crippen LogP contribution is 2.31. The van der Waals surface area contributed by atoms with Crippen LogP contribution in [0.4, 0.5) is 0 Å². The highest BCUT2D eigenvalue weighted by atomic mass is 15.0. The highest BCUT2D eigenvalue weighted by Gasteiger charge is 2.28. The van der Waals surface area contributed by atoms with E-state index in [0.29, 0.717) is 5.92 Å². The Morgan fingerprint density at radius 1 is 1.15 bits per heavy atom. The lowest BCUT2D eigenvalue weighted by molar-refractivity contribution is 0.495. The maximum absolute atomic E-state index is 4.62. The summed E-state index contributed by atoms with van der Waals surface area (Å²) in [5.41, 5.74) is 3.33. The van der Waals surface area contributed by atoms with Crippen LogP contribution < -0.4 is 5.32 Å². The van der Waals surface area contributed by atoms with Gasteiger partial charge in [0.05, 0.1) is 23.8 Å². The summed E-state index contributed by atoms with van der Waals surface area (Å²) in [6, 6.07) is 10.5. The summed E-state index contributed by atoms with van der Waals surface area (Å²) < 4.78 is 0. The second-order valence-electron chi connectivity index (χ2n) is 5.40. The van der Waals surface area contributed by atoms with Crippen molar-refractivity contribution in [1.82, 2.24) is 20.3 Å². The molecule has 0 saturated heterocycles. The number of aromatic amines is 1. The molecule has 0 bridgehead atoms. The van der Waals surface area contributed by atoms with Gasteiger partial charge in [0.15, 0.2) is 0 Å². The Balaban J connectivity index is 1.82. The monoisotopic (exact) mass is 264 g/mol. The molecule has 1 aromatic carbocycles. The molecule has 2 N–H and O–H groups in total. The molecule has 20 heavy (non-hydrogen) atoms. The van der Waals surface area contributed by atoms with Gasteiger partial charge in [0, 0.05) is 29.7 Å². The summed E-state index contributed by atoms with van der Waals surface area (Å²) in [4.78, 5) is 12.4. The Bertz CT molecular complexity index is 762. The van der Waals surface area contributed by atoms with Gasteiger partial charge >= 0.3 is 0 Å². The molecule has 4 nitrogen and oxygen atoms in total. The van der Waals surface area contributed by atoms with Crippen LogP contribution in [0.5, 0.6) is 0 Å². The molecule has 1 aliphatic heterocycles. The molecule has 4 rings (SSSR count). The SMILES string of the molecule is C[C@H]1CNC(c2cc3ccccc3cn2)c2nc[nH]c21. The molecule has 1 unspecified atom stereocenters. The zero-order valence-electron chi connectivity index (χ0n) is 11.3. The van der Waals surface area contributed by atoms with Gasteiger partial charge in [-0.05, 0) is 11.5 Å². The van der Waals surface area contributed by atoms with Crippen molar-refractivity contribution in [2.45, 2.75) is 18.9 Å². The van der Waals surface area contributed by atoms with Gasteiger partial charge in [-0.15, -0.1) is 0 Å². The molecule has 0 spiro atoms. The summed E-state index contributed by atoms with van der Waals surface area (Å²) >= 11 is 0. The minimum absolute atomic E-state index is 0.0806. The van der Waals surface area contributed by atoms with Crippen molar-refractivity contribution in [2.24, 2.45) is 0 Å². The molecule has 1 aliphatic rings. The van der Waals surface area contributed by atoms with Gasteiger partial charge in [-0.25, -0.2) is 4.98 Å². The lowest BCUT2D eigenvalue weighted by atomic mass is 9.94. The van der Waals surface area contributed by atoms with E-state index in [1.165, 1.54) is 16.5 Å². The Labute approximate surface area is 117 Å². The van der Waals surface area contributed by atoms with Crippen LogP contribution in [0.2, 0.25) is 0 Å². The van der Waals surface area contributed by atoms with Crippen LogP contribution in [0, 0.1) is 0 Å². The standard InChI is InChI=1S/C16H16N4/c1-10-7-18-15(16-14(10)19-9-20-16)13-6-11-4-2-3-5-12(11)8-17-13/h2-6,8-10,15,18H,7H2,1H3,(H,19,20)/t10-,15?/m0/s1. The number of benzene rings is 1. The van der Waals surface area contributed by atoms with E-state index in [1.54, 1.807) is 6.33 Å². The van der Waals surface area contributed by atoms with Gasteiger partial charge in [0.2, 0.25) is 0 Å². The second kappa shape index (κ2) is 4.42. The van der Waals surface area contributed by atoms with Crippen molar-refractivity contribution in [3.63, 3.8) is 0 Å². The van der Waals surface area contributed by atoms with Crippen LogP contribution in [-0.4, -0.2) is 21.5 Å². The van der Waals surface area contributed by atoms with Crippen molar-refractivity contribution in [2.75, 3.05) is 6.54 Å². The van der Waals surface area contributed by atoms with Crippen molar-refractivity contribution < 1.29 is 0 Å². The Kier molecular flexibility index (Phi) is 2.57. The zero-order chi connectivity index (χ0) is 13.5. The average Bonchev–Trinajstić information content (AvgIpc) is 2.98. The summed E-state index contributed by atoms with van der Waals surface area (Å²) in [6.45, 7) is 3.14. The van der Waals surface area contributed by atoms with Crippen LogP contribution in [0.3, 0.4) is 0 Å². The molecule has 0 radical (unpaired) electrons. The molecule has 100 valence electrons. The second-order valence-corrected chi connectivity index (χ2v) is 5.40. The molecule has 0 aliphatic carbocycles. The Morgan fingerprint density at radius 3 is 2.90 bits per heavy atom. The molecular weight excluding hydrogens is 248 g/mol. The van der Waals surface area contributed by atoms with Crippen molar-refractivity contribution in [3.05, 3.63) is 59.9 Å². The van der Waals surface area contributed by atoms with E-state index in [-0.39, 0.29) is 6.04 Å². The minimum Gasteiger partial charge on any atom is -0.348 e. The fourth-order valence-corrected chi connectivity index (χ4v) is 2.94. The molecule has 3 heterocycles. The van der Waals surface area contributed by atoms with Crippen molar-refractivity contribution >= 4 is 10.8 Å². The normalized spacial score (nSPS) is 21.9. The summed E-state index contributed by atoms with van der Waals surface area (Å²) in [6.07, 6.45) is 3.72. The van der Waals surface area contributed by atoms with E-state index in [1.807, 2.05) is 12.3 Å². The summed E-state index contributed by atoms with van der Waals surface area (Å²) in [5.74, 6) is 0.462. The van der Waals surface area contributed by atoms with E-state index in [2.05, 4.69) is 51.5 Å². The van der Waals surface area contributed by atoms with Crippen molar-refractivity contribution in [1.29, 1.82) is 0 Å². The largest absolute Gasteiger partial charge is 0.348 e. The Hall–Kier alpha value is -2.20. The van der Waals surface area contributed by atoms with Crippen LogP contribution in [0.1, 0.15) is 36.0 Å². The number of rotatable bonds is 1. The third-order valence-electron chi connectivity index (χ3n) is 4.04. The first-order valence-corrected chi connectivity index (χ1v) is 6.94. The molecule has 2 atom stereocenters. The number of imidazole rings is 1. The fraction of sp³-hybridized carbons (Fsp3) is 0.250. The zero-order valence-corrected chi connectivity index (χ0v) is 11.3. The first-order valence-electron chi connectivity index (χ1n) is 6.94. The number of nitrogens with zero attached hydrogens (tertiary/aromatic N) is 2. The summed E-state index contributed by atoms with van der Waals surface area (Å²) in [7, 11) is 0. The van der Waals surface area contributed by atoms with Crippen molar-refractivity contribution in [3.8, 4) is 0 Å². The van der Waals surface area contributed by atoms with E-state index < -0.39 is 0 Å². The van der Waals surface area contributed by atoms with Gasteiger partial charge in [-0.3, -0.25) is 4.98 Å². The maximum Gasteiger partial charge on any atom is 0.0944 e. The molecule has 0 amide bonds. The van der Waals surface area contributed by atoms with E-state index in [0.717, 1.165) is 17.9 Å². The lowest BCUT2D eigenvalue weighted by Gasteiger charge is -2.26. The molecular formula is C16H16N4. The lowest BCUT2D eigenvalue weighted by Crippen LogP contribution is -2.33. The topological polar surface area (TPSA) is 53.6 Å². The van der Waals surface area contributed by atoms with Gasteiger partial charge in [-0.2, -0.15) is 0 Å².